The lowest BCUT2D eigenvalue weighted by atomic mass is 10.1. The van der Waals surface area contributed by atoms with Gasteiger partial charge in [-0.1, -0.05) is 23.2 Å². The van der Waals surface area contributed by atoms with Crippen molar-refractivity contribution in [2.75, 3.05) is 25.6 Å². The van der Waals surface area contributed by atoms with Crippen molar-refractivity contribution in [2.45, 2.75) is 13.1 Å². The molecule has 3 amide bonds. The van der Waals surface area contributed by atoms with Crippen molar-refractivity contribution in [1.29, 1.82) is 0 Å². The number of halogens is 5. The average Bonchev–Trinajstić information content (AvgIpc) is 3.02. The molecule has 1 fully saturated rings. The van der Waals surface area contributed by atoms with Gasteiger partial charge in [0.1, 0.15) is 12.3 Å². The van der Waals surface area contributed by atoms with Gasteiger partial charge in [-0.15, -0.1) is 0 Å². The molecular weight excluding hydrogens is 532 g/mol. The number of amides is 3. The number of nitrogens with zero attached hydrogens (tertiary/aromatic N) is 1. The molecule has 0 atom stereocenters. The summed E-state index contributed by atoms with van der Waals surface area (Å²) in [5, 5.41) is 1.94. The van der Waals surface area contributed by atoms with Crippen LogP contribution < -0.4 is 14.8 Å². The van der Waals surface area contributed by atoms with Crippen molar-refractivity contribution in [1.82, 2.24) is 4.90 Å². The smallest absolute Gasteiger partial charge is 0.416 e. The van der Waals surface area contributed by atoms with Crippen molar-refractivity contribution in [3.8, 4) is 11.5 Å². The van der Waals surface area contributed by atoms with Crippen molar-refractivity contribution >= 4 is 63.8 Å². The molecule has 1 aliphatic heterocycles. The van der Waals surface area contributed by atoms with Gasteiger partial charge in [0.05, 0.1) is 39.9 Å². The van der Waals surface area contributed by atoms with E-state index in [-0.39, 0.29) is 32.1 Å². The largest absolute Gasteiger partial charge is 0.495 e. The third-order valence-electron chi connectivity index (χ3n) is 4.58. The summed E-state index contributed by atoms with van der Waals surface area (Å²) in [6.07, 6.45) is -3.26. The van der Waals surface area contributed by atoms with E-state index >= 15 is 0 Å². The van der Waals surface area contributed by atoms with E-state index in [4.69, 9.17) is 32.7 Å². The summed E-state index contributed by atoms with van der Waals surface area (Å²) < 4.78 is 49.4. The monoisotopic (exact) mass is 548 g/mol. The quantitative estimate of drug-likeness (QED) is 0.421. The molecule has 3 rings (SSSR count). The van der Waals surface area contributed by atoms with Gasteiger partial charge in [-0.2, -0.15) is 13.2 Å². The first-order valence-corrected chi connectivity index (χ1v) is 11.4. The predicted octanol–water partition coefficient (Wildman–Crippen LogP) is 6.09. The predicted molar refractivity (Wildman–Crippen MR) is 127 cm³/mol. The van der Waals surface area contributed by atoms with Crippen LogP contribution in [0.5, 0.6) is 11.5 Å². The van der Waals surface area contributed by atoms with E-state index in [1.54, 1.807) is 6.92 Å². The van der Waals surface area contributed by atoms with Crippen LogP contribution in [-0.2, 0) is 15.8 Å². The van der Waals surface area contributed by atoms with E-state index in [0.29, 0.717) is 34.9 Å². The van der Waals surface area contributed by atoms with Crippen LogP contribution in [0.25, 0.3) is 6.08 Å². The molecule has 0 aromatic heterocycles. The Hall–Kier alpha value is -2.89. The summed E-state index contributed by atoms with van der Waals surface area (Å²) in [7, 11) is 1.22. The average molecular weight is 549 g/mol. The van der Waals surface area contributed by atoms with E-state index in [2.05, 4.69) is 5.32 Å². The van der Waals surface area contributed by atoms with Gasteiger partial charge in [-0.25, -0.2) is 0 Å². The summed E-state index contributed by atoms with van der Waals surface area (Å²) in [6, 6.07) is 5.55. The number of carbonyl (C=O) groups is 3. The summed E-state index contributed by atoms with van der Waals surface area (Å²) in [4.78, 5) is 38.2. The minimum absolute atomic E-state index is 0.00995. The second-order valence-corrected chi connectivity index (χ2v) is 8.78. The third kappa shape index (κ3) is 6.22. The maximum absolute atomic E-state index is 13.0. The molecule has 186 valence electrons. The van der Waals surface area contributed by atoms with Crippen LogP contribution in [0.15, 0.2) is 35.2 Å². The van der Waals surface area contributed by atoms with Crippen LogP contribution in [-0.4, -0.2) is 42.2 Å². The summed E-state index contributed by atoms with van der Waals surface area (Å²) >= 11 is 12.9. The molecule has 1 saturated heterocycles. The minimum atomic E-state index is -4.64. The molecule has 35 heavy (non-hydrogen) atoms. The van der Waals surface area contributed by atoms with E-state index in [1.807, 2.05) is 0 Å². The lowest BCUT2D eigenvalue weighted by Gasteiger charge is -2.16. The van der Waals surface area contributed by atoms with Crippen LogP contribution in [0.2, 0.25) is 10.0 Å². The van der Waals surface area contributed by atoms with Crippen molar-refractivity contribution in [3.63, 3.8) is 0 Å². The molecule has 1 N–H and O–H groups in total. The number of alkyl halides is 3. The zero-order valence-electron chi connectivity index (χ0n) is 18.2. The van der Waals surface area contributed by atoms with E-state index in [0.717, 1.165) is 12.1 Å². The van der Waals surface area contributed by atoms with Crippen LogP contribution in [0.3, 0.4) is 0 Å². The number of thioether (sulfide) groups is 1. The van der Waals surface area contributed by atoms with Crippen LogP contribution >= 0.6 is 35.0 Å². The Morgan fingerprint density at radius 3 is 2.40 bits per heavy atom. The Labute approximate surface area is 212 Å². The second-order valence-electron chi connectivity index (χ2n) is 6.98. The first-order chi connectivity index (χ1) is 16.4. The van der Waals surface area contributed by atoms with Crippen LogP contribution in [0.4, 0.5) is 23.7 Å². The van der Waals surface area contributed by atoms with Gasteiger partial charge in [0, 0.05) is 0 Å². The molecule has 0 aliphatic carbocycles. The van der Waals surface area contributed by atoms with Gasteiger partial charge in [0.2, 0.25) is 5.91 Å². The lowest BCUT2D eigenvalue weighted by molar-refractivity contribution is -0.137. The molecule has 7 nitrogen and oxygen atoms in total. The van der Waals surface area contributed by atoms with E-state index in [9.17, 15) is 27.6 Å². The highest BCUT2D eigenvalue weighted by Crippen LogP contribution is 2.38. The van der Waals surface area contributed by atoms with E-state index in [1.165, 1.54) is 25.3 Å². The fourth-order valence-corrected chi connectivity index (χ4v) is 4.50. The summed E-state index contributed by atoms with van der Waals surface area (Å²) in [5.41, 5.74) is -0.837. The van der Waals surface area contributed by atoms with Gasteiger partial charge >= 0.3 is 6.18 Å². The maximum Gasteiger partial charge on any atom is 0.416 e. The number of ether oxygens (including phenoxy) is 2. The molecule has 0 unspecified atom stereocenters. The van der Waals surface area contributed by atoms with Crippen molar-refractivity contribution in [3.05, 3.63) is 56.4 Å². The Kier molecular flexibility index (Phi) is 8.24. The fraction of sp³-hybridized carbons (Fsp3) is 0.227. The van der Waals surface area contributed by atoms with Crippen LogP contribution in [0.1, 0.15) is 18.1 Å². The molecule has 0 radical (unpaired) electrons. The van der Waals surface area contributed by atoms with Crippen molar-refractivity contribution < 1.29 is 37.0 Å². The molecule has 0 bridgehead atoms. The molecule has 2 aromatic rings. The molecule has 2 aromatic carbocycles. The normalized spacial score (nSPS) is 15.1. The maximum atomic E-state index is 13.0. The summed E-state index contributed by atoms with van der Waals surface area (Å²) in [5.74, 6) is -1.39. The summed E-state index contributed by atoms with van der Waals surface area (Å²) in [6.45, 7) is 1.38. The number of carbonyl (C=O) groups excluding carboxylic acids is 3. The number of anilines is 1. The van der Waals surface area contributed by atoms with Gasteiger partial charge in [-0.05, 0) is 60.7 Å². The van der Waals surface area contributed by atoms with E-state index < -0.39 is 35.3 Å². The molecule has 1 aliphatic rings. The fourth-order valence-electron chi connectivity index (χ4n) is 3.05. The van der Waals surface area contributed by atoms with Gasteiger partial charge in [-0.3, -0.25) is 19.3 Å². The molecule has 0 saturated carbocycles. The molecule has 13 heteroatoms. The topological polar surface area (TPSA) is 84.9 Å². The number of methoxy groups -OCH3 is 1. The van der Waals surface area contributed by atoms with Gasteiger partial charge in [0.25, 0.3) is 11.1 Å². The third-order valence-corrected chi connectivity index (χ3v) is 6.05. The zero-order valence-corrected chi connectivity index (χ0v) is 20.5. The highest BCUT2D eigenvalue weighted by atomic mass is 35.5. The molecule has 0 spiro atoms. The number of benzene rings is 2. The SMILES string of the molecule is CCOc1c(Cl)cc(/C=C2\SC(=O)N(CC(=O)Nc3cc(C(F)(F)F)ccc3OC)C2=O)cc1Cl. The highest BCUT2D eigenvalue weighted by Gasteiger charge is 2.37. The van der Waals surface area contributed by atoms with Crippen LogP contribution in [0, 0.1) is 0 Å². The minimum Gasteiger partial charge on any atom is -0.495 e. The Balaban J connectivity index is 1.77. The first-order valence-electron chi connectivity index (χ1n) is 9.86. The standard InChI is InChI=1S/C22H17Cl2F3N2O5S/c1-3-34-19-13(23)6-11(7-14(19)24)8-17-20(31)29(21(32)35-17)10-18(30)28-15-9-12(22(25,26)27)4-5-16(15)33-2/h4-9H,3,10H2,1-2H3,(H,28,30)/b17-8-. The number of hydrogen-bond acceptors (Lipinski definition) is 6. The van der Waals surface area contributed by atoms with Crippen molar-refractivity contribution in [2.24, 2.45) is 0 Å². The number of nitrogens with one attached hydrogen (secondary N) is 1. The lowest BCUT2D eigenvalue weighted by Crippen LogP contribution is -2.36. The molecule has 1 heterocycles. The zero-order chi connectivity index (χ0) is 25.9. The number of hydrogen-bond donors (Lipinski definition) is 1. The number of imide groups is 1. The van der Waals surface area contributed by atoms with Gasteiger partial charge in [0.15, 0.2) is 5.75 Å². The Bertz CT molecular complexity index is 1200. The molecular formula is C22H17Cl2F3N2O5S. The Morgan fingerprint density at radius 1 is 1.17 bits per heavy atom. The van der Waals surface area contributed by atoms with Gasteiger partial charge < -0.3 is 14.8 Å². The first kappa shape index (κ1) is 26.7. The second kappa shape index (κ2) is 10.8. The number of rotatable bonds is 7. The highest BCUT2D eigenvalue weighted by molar-refractivity contribution is 8.18. The Morgan fingerprint density at radius 2 is 1.83 bits per heavy atom.